The van der Waals surface area contributed by atoms with Crippen molar-refractivity contribution in [1.29, 1.82) is 0 Å². The first-order chi connectivity index (χ1) is 7.08. The number of hydrogen-bond acceptors (Lipinski definition) is 3. The first kappa shape index (κ1) is 10.2. The molecule has 1 aliphatic rings. The van der Waals surface area contributed by atoms with E-state index in [2.05, 4.69) is 23.7 Å². The minimum absolute atomic E-state index is 0.149. The molecule has 82 valence electrons. The standard InChI is InChI=1S/C10H15N3O2/c1-7(2)12-3-4-13-5-8(10(14)15)11-9(13)6-12/h5,7H,3-4,6H2,1-2H3,(H,14,15). The van der Waals surface area contributed by atoms with Crippen molar-refractivity contribution in [3.8, 4) is 0 Å². The van der Waals surface area contributed by atoms with Crippen LogP contribution in [-0.4, -0.2) is 38.1 Å². The summed E-state index contributed by atoms with van der Waals surface area (Å²) in [5.41, 5.74) is 0.149. The minimum atomic E-state index is -0.951. The quantitative estimate of drug-likeness (QED) is 0.783. The van der Waals surface area contributed by atoms with Crippen LogP contribution in [0.1, 0.15) is 30.2 Å². The van der Waals surface area contributed by atoms with E-state index >= 15 is 0 Å². The summed E-state index contributed by atoms with van der Waals surface area (Å²) in [5.74, 6) is -0.0969. The predicted octanol–water partition coefficient (Wildman–Crippen LogP) is 0.805. The van der Waals surface area contributed by atoms with Crippen LogP contribution in [-0.2, 0) is 13.1 Å². The molecule has 0 unspecified atom stereocenters. The van der Waals surface area contributed by atoms with Crippen molar-refractivity contribution in [1.82, 2.24) is 14.5 Å². The first-order valence-electron chi connectivity index (χ1n) is 5.11. The summed E-state index contributed by atoms with van der Waals surface area (Å²) in [5, 5.41) is 8.82. The maximum absolute atomic E-state index is 10.7. The minimum Gasteiger partial charge on any atom is -0.476 e. The normalized spacial score (nSPS) is 16.7. The summed E-state index contributed by atoms with van der Waals surface area (Å²) in [7, 11) is 0. The summed E-state index contributed by atoms with van der Waals surface area (Å²) in [6, 6.07) is 0.476. The maximum atomic E-state index is 10.7. The molecule has 0 aliphatic carbocycles. The number of carboxylic acid groups (broad SMARTS) is 1. The van der Waals surface area contributed by atoms with Crippen molar-refractivity contribution in [3.63, 3.8) is 0 Å². The molecule has 0 bridgehead atoms. The molecule has 0 radical (unpaired) electrons. The SMILES string of the molecule is CC(C)N1CCn2cc(C(=O)O)nc2C1. The summed E-state index contributed by atoms with van der Waals surface area (Å²) in [4.78, 5) is 17.1. The van der Waals surface area contributed by atoms with Gasteiger partial charge in [0.25, 0.3) is 0 Å². The highest BCUT2D eigenvalue weighted by Crippen LogP contribution is 2.14. The zero-order valence-corrected chi connectivity index (χ0v) is 8.97. The van der Waals surface area contributed by atoms with Crippen LogP contribution in [0.5, 0.6) is 0 Å². The van der Waals surface area contributed by atoms with Gasteiger partial charge in [-0.3, -0.25) is 4.90 Å². The molecule has 0 spiro atoms. The molecule has 2 rings (SSSR count). The van der Waals surface area contributed by atoms with Gasteiger partial charge in [0.2, 0.25) is 0 Å². The molecule has 0 aromatic carbocycles. The lowest BCUT2D eigenvalue weighted by molar-refractivity contribution is 0.0691. The second kappa shape index (κ2) is 3.66. The van der Waals surface area contributed by atoms with E-state index in [4.69, 9.17) is 5.11 Å². The van der Waals surface area contributed by atoms with Crippen molar-refractivity contribution in [2.75, 3.05) is 6.54 Å². The van der Waals surface area contributed by atoms with Crippen LogP contribution >= 0.6 is 0 Å². The van der Waals surface area contributed by atoms with Gasteiger partial charge in [-0.15, -0.1) is 0 Å². The van der Waals surface area contributed by atoms with Crippen LogP contribution in [0.3, 0.4) is 0 Å². The lowest BCUT2D eigenvalue weighted by Crippen LogP contribution is -2.38. The number of fused-ring (bicyclic) bond motifs is 1. The van der Waals surface area contributed by atoms with E-state index in [1.165, 1.54) is 0 Å². The number of aromatic nitrogens is 2. The zero-order chi connectivity index (χ0) is 11.0. The number of carboxylic acids is 1. The summed E-state index contributed by atoms with van der Waals surface area (Å²) in [6.45, 7) is 6.80. The Kier molecular flexibility index (Phi) is 2.48. The van der Waals surface area contributed by atoms with Gasteiger partial charge in [0, 0.05) is 25.3 Å². The molecule has 2 heterocycles. The van der Waals surface area contributed by atoms with Crippen LogP contribution in [0, 0.1) is 0 Å². The molecule has 0 saturated carbocycles. The molecule has 5 heteroatoms. The van der Waals surface area contributed by atoms with Crippen LogP contribution < -0.4 is 0 Å². The average Bonchev–Trinajstić information content (AvgIpc) is 2.59. The van der Waals surface area contributed by atoms with Gasteiger partial charge < -0.3 is 9.67 Å². The van der Waals surface area contributed by atoms with Gasteiger partial charge in [-0.25, -0.2) is 9.78 Å². The Morgan fingerprint density at radius 1 is 1.53 bits per heavy atom. The number of nitrogens with zero attached hydrogens (tertiary/aromatic N) is 3. The molecule has 1 aromatic rings. The molecular formula is C10H15N3O2. The highest BCUT2D eigenvalue weighted by Gasteiger charge is 2.21. The molecule has 5 nitrogen and oxygen atoms in total. The smallest absolute Gasteiger partial charge is 0.356 e. The van der Waals surface area contributed by atoms with Gasteiger partial charge in [0.1, 0.15) is 5.82 Å². The highest BCUT2D eigenvalue weighted by molar-refractivity contribution is 5.85. The summed E-state index contributed by atoms with van der Waals surface area (Å²) < 4.78 is 1.93. The van der Waals surface area contributed by atoms with E-state index in [0.29, 0.717) is 6.04 Å². The van der Waals surface area contributed by atoms with E-state index in [-0.39, 0.29) is 5.69 Å². The molecule has 1 N–H and O–H groups in total. The topological polar surface area (TPSA) is 58.4 Å². The number of aromatic carboxylic acids is 1. The second-order valence-corrected chi connectivity index (χ2v) is 4.11. The monoisotopic (exact) mass is 209 g/mol. The molecule has 0 amide bonds. The predicted molar refractivity (Wildman–Crippen MR) is 54.7 cm³/mol. The fourth-order valence-corrected chi connectivity index (χ4v) is 1.81. The van der Waals surface area contributed by atoms with Crippen LogP contribution in [0.15, 0.2) is 6.20 Å². The van der Waals surface area contributed by atoms with Crippen molar-refractivity contribution in [2.24, 2.45) is 0 Å². The third kappa shape index (κ3) is 1.87. The Morgan fingerprint density at radius 2 is 2.27 bits per heavy atom. The Bertz CT molecular complexity index is 384. The molecule has 0 saturated heterocycles. The fourth-order valence-electron chi connectivity index (χ4n) is 1.81. The molecule has 1 aromatic heterocycles. The lowest BCUT2D eigenvalue weighted by atomic mass is 10.2. The van der Waals surface area contributed by atoms with Gasteiger partial charge in [-0.1, -0.05) is 0 Å². The highest BCUT2D eigenvalue weighted by atomic mass is 16.4. The third-order valence-corrected chi connectivity index (χ3v) is 2.78. The fraction of sp³-hybridized carbons (Fsp3) is 0.600. The lowest BCUT2D eigenvalue weighted by Gasteiger charge is -2.30. The molecule has 0 fully saturated rings. The zero-order valence-electron chi connectivity index (χ0n) is 8.97. The van der Waals surface area contributed by atoms with Crippen LogP contribution in [0.4, 0.5) is 0 Å². The van der Waals surface area contributed by atoms with Crippen LogP contribution in [0.2, 0.25) is 0 Å². The molecule has 0 atom stereocenters. The Labute approximate surface area is 88.3 Å². The van der Waals surface area contributed by atoms with Gasteiger partial charge in [-0.2, -0.15) is 0 Å². The first-order valence-corrected chi connectivity index (χ1v) is 5.11. The number of imidazole rings is 1. The van der Waals surface area contributed by atoms with Crippen LogP contribution in [0.25, 0.3) is 0 Å². The van der Waals surface area contributed by atoms with Crippen molar-refractivity contribution >= 4 is 5.97 Å². The van der Waals surface area contributed by atoms with E-state index < -0.39 is 5.97 Å². The van der Waals surface area contributed by atoms with Gasteiger partial charge in [0.15, 0.2) is 5.69 Å². The van der Waals surface area contributed by atoms with E-state index in [0.717, 1.165) is 25.5 Å². The van der Waals surface area contributed by atoms with E-state index in [1.54, 1.807) is 6.20 Å². The largest absolute Gasteiger partial charge is 0.476 e. The Morgan fingerprint density at radius 3 is 2.87 bits per heavy atom. The number of hydrogen-bond donors (Lipinski definition) is 1. The summed E-state index contributed by atoms with van der Waals surface area (Å²) in [6.07, 6.45) is 1.62. The van der Waals surface area contributed by atoms with Crippen molar-refractivity contribution < 1.29 is 9.90 Å². The number of rotatable bonds is 2. The molecule has 15 heavy (non-hydrogen) atoms. The summed E-state index contributed by atoms with van der Waals surface area (Å²) >= 11 is 0. The van der Waals surface area contributed by atoms with Gasteiger partial charge in [-0.05, 0) is 13.8 Å². The van der Waals surface area contributed by atoms with Gasteiger partial charge in [0.05, 0.1) is 6.54 Å². The molecule has 1 aliphatic heterocycles. The molecular weight excluding hydrogens is 194 g/mol. The Hall–Kier alpha value is -1.36. The third-order valence-electron chi connectivity index (χ3n) is 2.78. The van der Waals surface area contributed by atoms with Crippen molar-refractivity contribution in [3.05, 3.63) is 17.7 Å². The maximum Gasteiger partial charge on any atom is 0.356 e. The second-order valence-electron chi connectivity index (χ2n) is 4.11. The van der Waals surface area contributed by atoms with Crippen molar-refractivity contribution in [2.45, 2.75) is 33.0 Å². The van der Waals surface area contributed by atoms with Gasteiger partial charge >= 0.3 is 5.97 Å². The van der Waals surface area contributed by atoms with E-state index in [1.807, 2.05) is 4.57 Å². The number of carbonyl (C=O) groups is 1. The van der Waals surface area contributed by atoms with E-state index in [9.17, 15) is 4.79 Å². The average molecular weight is 209 g/mol. The Balaban J connectivity index is 2.23.